The van der Waals surface area contributed by atoms with Gasteiger partial charge in [-0.1, -0.05) is 35.6 Å². The topological polar surface area (TPSA) is 79.5 Å². The van der Waals surface area contributed by atoms with Crippen LogP contribution in [0.2, 0.25) is 0 Å². The number of nitrogens with zero attached hydrogens (tertiary/aromatic N) is 1. The minimum atomic E-state index is -4.70. The molecule has 1 N–H and O–H groups in total. The maximum atomic E-state index is 13.8. The molecule has 7 atom stereocenters. The summed E-state index contributed by atoms with van der Waals surface area (Å²) in [5, 5.41) is 0.739. The number of nitrogens with one attached hydrogen (secondary N) is 1. The average molecular weight is 559 g/mol. The van der Waals surface area contributed by atoms with Crippen LogP contribution in [-0.4, -0.2) is 29.2 Å². The number of methoxy groups -OCH3 is 1. The van der Waals surface area contributed by atoms with Gasteiger partial charge in [0.25, 0.3) is 0 Å². The lowest BCUT2D eigenvalue weighted by molar-refractivity contribution is -0.137. The van der Waals surface area contributed by atoms with E-state index in [1.54, 1.807) is 18.9 Å². The molecule has 3 heterocycles. The van der Waals surface area contributed by atoms with Crippen molar-refractivity contribution in [3.05, 3.63) is 74.2 Å². The number of thioether (sulfide) groups is 1. The van der Waals surface area contributed by atoms with Crippen molar-refractivity contribution in [1.29, 1.82) is 0 Å². The zero-order chi connectivity index (χ0) is 26.5. The van der Waals surface area contributed by atoms with Gasteiger partial charge >= 0.3 is 11.0 Å². The van der Waals surface area contributed by atoms with Crippen LogP contribution in [0.1, 0.15) is 28.3 Å². The molecule has 1 saturated heterocycles. The first-order chi connectivity index (χ1) is 18.2. The van der Waals surface area contributed by atoms with E-state index in [0.717, 1.165) is 37.8 Å². The number of rotatable bonds is 3. The zero-order valence-corrected chi connectivity index (χ0v) is 21.5. The Morgan fingerprint density at radius 2 is 1.66 bits per heavy atom. The molecule has 0 radical (unpaired) electrons. The molecule has 2 amide bonds. The van der Waals surface area contributed by atoms with E-state index in [1.807, 2.05) is 24.3 Å². The van der Waals surface area contributed by atoms with Crippen molar-refractivity contribution in [2.45, 2.75) is 28.8 Å². The first-order valence-electron chi connectivity index (χ1n) is 12.3. The molecule has 2 aliphatic heterocycles. The lowest BCUT2D eigenvalue weighted by atomic mass is 9.68. The molecule has 3 fully saturated rings. The fourth-order valence-corrected chi connectivity index (χ4v) is 10.2. The number of halogens is 3. The average Bonchev–Trinajstić information content (AvgIpc) is 3.62. The van der Waals surface area contributed by atoms with E-state index in [-0.39, 0.29) is 33.8 Å². The number of H-pyrrole nitrogens is 1. The molecule has 1 aromatic heterocycles. The summed E-state index contributed by atoms with van der Waals surface area (Å²) in [5.41, 5.74) is -0.399. The number of benzene rings is 2. The lowest BCUT2D eigenvalue weighted by Gasteiger charge is -2.43. The van der Waals surface area contributed by atoms with E-state index in [1.165, 1.54) is 18.2 Å². The Balaban J connectivity index is 1.32. The van der Waals surface area contributed by atoms with Crippen LogP contribution < -0.4 is 14.5 Å². The van der Waals surface area contributed by atoms with Gasteiger partial charge in [-0.3, -0.25) is 14.4 Å². The van der Waals surface area contributed by atoms with Crippen molar-refractivity contribution >= 4 is 40.6 Å². The number of fused-ring (bicyclic) bond motifs is 9. The van der Waals surface area contributed by atoms with Crippen molar-refractivity contribution in [2.24, 2.45) is 29.6 Å². The van der Waals surface area contributed by atoms with Gasteiger partial charge in [0.05, 0.1) is 35.2 Å². The van der Waals surface area contributed by atoms with Gasteiger partial charge in [-0.2, -0.15) is 13.2 Å². The molecule has 6 unspecified atom stereocenters. The van der Waals surface area contributed by atoms with Crippen LogP contribution >= 0.6 is 23.1 Å². The van der Waals surface area contributed by atoms with Gasteiger partial charge in [0.2, 0.25) is 11.8 Å². The molecule has 0 spiro atoms. The van der Waals surface area contributed by atoms with Gasteiger partial charge in [0.15, 0.2) is 0 Å². The van der Waals surface area contributed by atoms with Gasteiger partial charge in [0.1, 0.15) is 5.75 Å². The standard InChI is InChI=1S/C27H21F3N2O4S2/c1-36-12-8-6-11(7-9-12)17-18-13-10-14(21(18)37-23-22(17)38-26(35)31-23)20-19(13)24(33)32(25(20)34)16-5-3-2-4-15(16)27(28,29)30/h2-9,13-14,17-21H,10H2,1H3,(H,31,35)/t13?,14?,17-,18?,19?,20?,21?/m1/s1. The molecule has 4 aliphatic rings. The number of para-hydroxylation sites is 1. The summed E-state index contributed by atoms with van der Waals surface area (Å²) >= 11 is 2.70. The van der Waals surface area contributed by atoms with Crippen molar-refractivity contribution in [3.63, 3.8) is 0 Å². The van der Waals surface area contributed by atoms with Crippen LogP contribution in [0.4, 0.5) is 18.9 Å². The highest BCUT2D eigenvalue weighted by Crippen LogP contribution is 2.68. The summed E-state index contributed by atoms with van der Waals surface area (Å²) in [6.07, 6.45) is -4.03. The Bertz CT molecular complexity index is 1530. The van der Waals surface area contributed by atoms with E-state index in [0.29, 0.717) is 12.2 Å². The second-order valence-corrected chi connectivity index (χ2v) is 12.5. The molecule has 7 rings (SSSR count). The van der Waals surface area contributed by atoms with Crippen LogP contribution in [0.25, 0.3) is 0 Å². The first kappa shape index (κ1) is 24.0. The van der Waals surface area contributed by atoms with E-state index in [4.69, 9.17) is 4.74 Å². The highest BCUT2D eigenvalue weighted by Gasteiger charge is 2.70. The normalized spacial score (nSPS) is 31.4. The van der Waals surface area contributed by atoms with E-state index >= 15 is 0 Å². The smallest absolute Gasteiger partial charge is 0.418 e. The summed E-state index contributed by atoms with van der Waals surface area (Å²) in [5.74, 6) is -2.28. The Labute approximate surface area is 223 Å². The van der Waals surface area contributed by atoms with E-state index in [2.05, 4.69) is 4.98 Å². The number of carbonyl (C=O) groups excluding carboxylic acids is 2. The van der Waals surface area contributed by atoms with Crippen molar-refractivity contribution in [1.82, 2.24) is 4.98 Å². The van der Waals surface area contributed by atoms with Crippen LogP contribution in [0.3, 0.4) is 0 Å². The number of imide groups is 1. The Kier molecular flexibility index (Phi) is 5.20. The number of hydrogen-bond donors (Lipinski definition) is 1. The highest BCUT2D eigenvalue weighted by molar-refractivity contribution is 8.00. The number of anilines is 1. The molecular weight excluding hydrogens is 537 g/mol. The van der Waals surface area contributed by atoms with Crippen LogP contribution in [0.15, 0.2) is 58.4 Å². The van der Waals surface area contributed by atoms with Crippen molar-refractivity contribution < 1.29 is 27.5 Å². The predicted molar refractivity (Wildman–Crippen MR) is 135 cm³/mol. The second-order valence-electron chi connectivity index (χ2n) is 10.3. The maximum absolute atomic E-state index is 13.8. The molecule has 2 bridgehead atoms. The molecule has 2 aromatic carbocycles. The number of amides is 2. The van der Waals surface area contributed by atoms with Gasteiger partial charge in [-0.15, -0.1) is 11.8 Å². The van der Waals surface area contributed by atoms with Gasteiger partial charge < -0.3 is 9.72 Å². The number of hydrogen-bond acceptors (Lipinski definition) is 6. The number of carbonyl (C=O) groups is 2. The second kappa shape index (κ2) is 8.22. The van der Waals surface area contributed by atoms with Crippen molar-refractivity contribution in [2.75, 3.05) is 12.0 Å². The Morgan fingerprint density at radius 3 is 2.34 bits per heavy atom. The molecule has 3 aromatic rings. The molecule has 38 heavy (non-hydrogen) atoms. The molecule has 2 aliphatic carbocycles. The quantitative estimate of drug-likeness (QED) is 0.451. The minimum absolute atomic E-state index is 0.0341. The fraction of sp³-hybridized carbons (Fsp3) is 0.370. The van der Waals surface area contributed by atoms with Crippen LogP contribution in [0.5, 0.6) is 5.75 Å². The van der Waals surface area contributed by atoms with Gasteiger partial charge in [-0.05, 0) is 54.0 Å². The summed E-state index contributed by atoms with van der Waals surface area (Å²) in [4.78, 5) is 44.3. The van der Waals surface area contributed by atoms with Crippen LogP contribution in [-0.2, 0) is 15.8 Å². The van der Waals surface area contributed by atoms with Gasteiger partial charge in [0, 0.05) is 16.0 Å². The zero-order valence-electron chi connectivity index (χ0n) is 19.9. The number of alkyl halides is 3. The molecule has 196 valence electrons. The minimum Gasteiger partial charge on any atom is -0.497 e. The molecule has 6 nitrogen and oxygen atoms in total. The summed E-state index contributed by atoms with van der Waals surface area (Å²) in [6.45, 7) is 0. The third-order valence-corrected chi connectivity index (χ3v) is 11.2. The third-order valence-electron chi connectivity index (χ3n) is 8.65. The number of ether oxygens (including phenoxy) is 1. The highest BCUT2D eigenvalue weighted by atomic mass is 32.2. The third kappa shape index (κ3) is 3.24. The van der Waals surface area contributed by atoms with Gasteiger partial charge in [-0.25, -0.2) is 4.90 Å². The van der Waals surface area contributed by atoms with E-state index in [9.17, 15) is 27.6 Å². The Hall–Kier alpha value is -3.05. The first-order valence-corrected chi connectivity index (χ1v) is 14.0. The van der Waals surface area contributed by atoms with Crippen LogP contribution in [0, 0.1) is 29.6 Å². The molecule has 2 saturated carbocycles. The number of thiazole rings is 1. The predicted octanol–water partition coefficient (Wildman–Crippen LogP) is 5.14. The van der Waals surface area contributed by atoms with E-state index < -0.39 is 41.1 Å². The Morgan fingerprint density at radius 1 is 0.974 bits per heavy atom. The maximum Gasteiger partial charge on any atom is 0.418 e. The molecular formula is C27H21F3N2O4S2. The van der Waals surface area contributed by atoms with Crippen molar-refractivity contribution in [3.8, 4) is 5.75 Å². The SMILES string of the molecule is COc1ccc([C@H]2c3sc(=O)[nH]c3SC3C4CC(C5C(=O)N(c6ccccc6C(F)(F)F)C(=O)C45)C32)cc1. The summed E-state index contributed by atoms with van der Waals surface area (Å²) < 4.78 is 46.7. The summed E-state index contributed by atoms with van der Waals surface area (Å²) in [7, 11) is 1.58. The number of aromatic amines is 1. The number of aromatic nitrogens is 1. The monoisotopic (exact) mass is 558 g/mol. The largest absolute Gasteiger partial charge is 0.497 e. The lowest BCUT2D eigenvalue weighted by Crippen LogP contribution is -2.42. The summed E-state index contributed by atoms with van der Waals surface area (Å²) in [6, 6.07) is 12.4. The molecule has 11 heteroatoms. The fourth-order valence-electron chi connectivity index (χ4n) is 7.35.